The maximum atomic E-state index is 5.00. The van der Waals surface area contributed by atoms with E-state index >= 15 is 0 Å². The molecular formula is C16H11BrCl3NZr-. The first-order chi connectivity index (χ1) is 10.5. The van der Waals surface area contributed by atoms with E-state index < -0.39 is 18.2 Å². The van der Waals surface area contributed by atoms with Crippen molar-refractivity contribution in [3.05, 3.63) is 69.3 Å². The summed E-state index contributed by atoms with van der Waals surface area (Å²) in [6, 6.07) is 16.2. The molecule has 22 heavy (non-hydrogen) atoms. The minimum absolute atomic E-state index is 0.370. The van der Waals surface area contributed by atoms with Crippen molar-refractivity contribution < 1.29 is 18.2 Å². The molecule has 0 amide bonds. The molecule has 2 aromatic carbocycles. The zero-order valence-electron chi connectivity index (χ0n) is 11.6. The molecule has 4 rings (SSSR count). The second-order valence-electron chi connectivity index (χ2n) is 5.02. The van der Waals surface area contributed by atoms with Crippen molar-refractivity contribution in [2.75, 3.05) is 11.9 Å². The maximum absolute atomic E-state index is 5.00. The Morgan fingerprint density at radius 3 is 2.68 bits per heavy atom. The average Bonchev–Trinajstić information content (AvgIpc) is 2.95. The Kier molecular flexibility index (Phi) is 5.42. The number of hydrogen-bond donors (Lipinski definition) is 0. The Morgan fingerprint density at radius 2 is 1.95 bits per heavy atom. The van der Waals surface area contributed by atoms with Crippen LogP contribution >= 0.6 is 41.5 Å². The number of rotatable bonds is 0. The third-order valence-electron chi connectivity index (χ3n) is 3.86. The molecule has 1 heterocycles. The summed E-state index contributed by atoms with van der Waals surface area (Å²) in [5, 5.41) is 0. The molecule has 6 heteroatoms. The van der Waals surface area contributed by atoms with Crippen molar-refractivity contribution in [1.29, 1.82) is 0 Å². The normalized spacial score (nSPS) is 17.0. The number of benzene rings is 2. The van der Waals surface area contributed by atoms with Crippen molar-refractivity contribution in [3.8, 4) is 0 Å². The third-order valence-corrected chi connectivity index (χ3v) is 4.35. The zero-order chi connectivity index (χ0) is 15.9. The molecule has 0 bridgehead atoms. The quantitative estimate of drug-likeness (QED) is 0.391. The molecule has 2 aromatic rings. The first-order valence-corrected chi connectivity index (χ1v) is 16.9. The molecule has 1 atom stereocenters. The van der Waals surface area contributed by atoms with Crippen LogP contribution in [0.1, 0.15) is 22.6 Å². The number of allylic oxidation sites excluding steroid dienone is 1. The first-order valence-electron chi connectivity index (χ1n) is 6.58. The number of hydrogen-bond acceptors (Lipinski definition) is 1. The van der Waals surface area contributed by atoms with E-state index in [-0.39, 0.29) is 0 Å². The second-order valence-corrected chi connectivity index (χ2v) is 17.1. The number of likely N-dealkylation sites (N-methyl/N-ethyl adjacent to an activating group) is 1. The van der Waals surface area contributed by atoms with Gasteiger partial charge in [0.1, 0.15) is 0 Å². The summed E-state index contributed by atoms with van der Waals surface area (Å²) in [5.74, 6) is 0.370. The van der Waals surface area contributed by atoms with Crippen LogP contribution in [-0.4, -0.2) is 7.05 Å². The molecule has 2 aliphatic rings. The van der Waals surface area contributed by atoms with Gasteiger partial charge in [0.25, 0.3) is 0 Å². The van der Waals surface area contributed by atoms with Gasteiger partial charge in [-0.25, -0.2) is 0 Å². The Hall–Kier alpha value is 0.213. The Balaban J connectivity index is 0.000000325. The Labute approximate surface area is 157 Å². The van der Waals surface area contributed by atoms with Gasteiger partial charge in [0.15, 0.2) is 0 Å². The summed E-state index contributed by atoms with van der Waals surface area (Å²) >= 11 is 1.41. The van der Waals surface area contributed by atoms with E-state index in [1.165, 1.54) is 28.1 Å². The molecule has 0 radical (unpaired) electrons. The van der Waals surface area contributed by atoms with Crippen molar-refractivity contribution in [2.24, 2.45) is 0 Å². The third kappa shape index (κ3) is 3.21. The summed E-state index contributed by atoms with van der Waals surface area (Å²) in [5.41, 5.74) is 6.65. The number of nitrogens with zero attached hydrogens (tertiary/aromatic N) is 1. The van der Waals surface area contributed by atoms with Crippen LogP contribution in [0.2, 0.25) is 0 Å². The van der Waals surface area contributed by atoms with Crippen LogP contribution in [0.15, 0.2) is 46.6 Å². The van der Waals surface area contributed by atoms with Gasteiger partial charge in [-0.3, -0.25) is 0 Å². The Morgan fingerprint density at radius 1 is 1.23 bits per heavy atom. The van der Waals surface area contributed by atoms with E-state index in [4.69, 9.17) is 25.5 Å². The summed E-state index contributed by atoms with van der Waals surface area (Å²) in [4.78, 5) is 2.28. The molecule has 0 saturated carbocycles. The molecular weight excluding hydrogens is 484 g/mol. The topological polar surface area (TPSA) is 3.24 Å². The van der Waals surface area contributed by atoms with E-state index in [9.17, 15) is 0 Å². The van der Waals surface area contributed by atoms with Crippen LogP contribution in [0.3, 0.4) is 0 Å². The van der Waals surface area contributed by atoms with Gasteiger partial charge in [0.2, 0.25) is 0 Å². The molecule has 0 aromatic heterocycles. The van der Waals surface area contributed by atoms with Gasteiger partial charge in [-0.05, 0) is 36.4 Å². The molecule has 113 valence electrons. The Bertz CT molecular complexity index is 745. The molecule has 0 saturated heterocycles. The fraction of sp³-hybridized carbons (Fsp3) is 0.125. The predicted molar refractivity (Wildman–Crippen MR) is 95.2 cm³/mol. The standard InChI is InChI=1S/C16H11BrN.3ClH.Zr/c1-18-14-5-3-2-4-13(14)16-12-7-6-11(17)8-10(12)9-15(16)18;;;;/h2-3,5-9,16H,1H3;3*1H;/q-1;;;;+3/p-3. The minimum atomic E-state index is -2.13. The van der Waals surface area contributed by atoms with Gasteiger partial charge >= 0.3 is 43.7 Å². The van der Waals surface area contributed by atoms with E-state index in [1.807, 2.05) is 6.07 Å². The second kappa shape index (κ2) is 6.99. The van der Waals surface area contributed by atoms with Crippen molar-refractivity contribution in [2.45, 2.75) is 5.92 Å². The summed E-state index contributed by atoms with van der Waals surface area (Å²) in [6.07, 6.45) is 2.29. The van der Waals surface area contributed by atoms with Crippen LogP contribution in [-0.2, 0) is 18.2 Å². The van der Waals surface area contributed by atoms with Gasteiger partial charge in [0.05, 0.1) is 0 Å². The summed E-state index contributed by atoms with van der Waals surface area (Å²) < 4.78 is 1.14. The molecule has 1 aliphatic carbocycles. The monoisotopic (exact) mass is 491 g/mol. The van der Waals surface area contributed by atoms with Crippen LogP contribution in [0.4, 0.5) is 5.69 Å². The SMILES string of the molecule is CN1C2=Cc3cc(Br)ccc3C2c2[c-]cccc21.[Cl][Zr]([Cl])[Cl]. The van der Waals surface area contributed by atoms with Gasteiger partial charge < -0.3 is 4.90 Å². The van der Waals surface area contributed by atoms with Crippen LogP contribution in [0, 0.1) is 6.07 Å². The van der Waals surface area contributed by atoms with E-state index in [1.54, 1.807) is 0 Å². The van der Waals surface area contributed by atoms with Crippen molar-refractivity contribution in [3.63, 3.8) is 0 Å². The van der Waals surface area contributed by atoms with Crippen LogP contribution < -0.4 is 4.90 Å². The number of halogens is 4. The molecule has 1 nitrogen and oxygen atoms in total. The molecule has 0 spiro atoms. The molecule has 0 fully saturated rings. The average molecular weight is 495 g/mol. The number of anilines is 1. The summed E-state index contributed by atoms with van der Waals surface area (Å²) in [6.45, 7) is 0. The van der Waals surface area contributed by atoms with E-state index in [2.05, 4.69) is 70.4 Å². The number of fused-ring (bicyclic) bond motifs is 5. The summed E-state index contributed by atoms with van der Waals surface area (Å²) in [7, 11) is 17.1. The predicted octanol–water partition coefficient (Wildman–Crippen LogP) is 6.25. The molecule has 0 N–H and O–H groups in total. The molecule has 1 unspecified atom stereocenters. The van der Waals surface area contributed by atoms with Crippen LogP contribution in [0.5, 0.6) is 0 Å². The van der Waals surface area contributed by atoms with Gasteiger partial charge in [-0.1, -0.05) is 27.7 Å². The van der Waals surface area contributed by atoms with E-state index in [0.29, 0.717) is 5.92 Å². The van der Waals surface area contributed by atoms with Gasteiger partial charge in [-0.15, -0.1) is 11.6 Å². The fourth-order valence-corrected chi connectivity index (χ4v) is 3.41. The van der Waals surface area contributed by atoms with Crippen molar-refractivity contribution >= 4 is 53.2 Å². The first kappa shape index (κ1) is 17.0. The van der Waals surface area contributed by atoms with Crippen molar-refractivity contribution in [1.82, 2.24) is 0 Å². The van der Waals surface area contributed by atoms with Gasteiger partial charge in [-0.2, -0.15) is 18.2 Å². The molecule has 1 aliphatic heterocycles. The van der Waals surface area contributed by atoms with Gasteiger partial charge in [0, 0.05) is 16.1 Å². The fourth-order valence-electron chi connectivity index (χ4n) is 3.03. The van der Waals surface area contributed by atoms with E-state index in [0.717, 1.165) is 4.47 Å². The zero-order valence-corrected chi connectivity index (χ0v) is 17.9. The van der Waals surface area contributed by atoms with Crippen LogP contribution in [0.25, 0.3) is 6.08 Å².